The number of ether oxygens (including phenoxy) is 1. The van der Waals surface area contributed by atoms with Crippen LogP contribution in [0, 0.1) is 6.92 Å². The molecule has 0 saturated carbocycles. The number of aromatic nitrogens is 1. The van der Waals surface area contributed by atoms with E-state index >= 15 is 0 Å². The molecule has 1 aliphatic heterocycles. The van der Waals surface area contributed by atoms with Crippen molar-refractivity contribution < 1.29 is 4.74 Å². The van der Waals surface area contributed by atoms with Crippen LogP contribution in [0.3, 0.4) is 0 Å². The Morgan fingerprint density at radius 1 is 0.933 bits per heavy atom. The van der Waals surface area contributed by atoms with Crippen LogP contribution in [-0.4, -0.2) is 23.0 Å². The summed E-state index contributed by atoms with van der Waals surface area (Å²) in [6, 6.07) is 29.7. The van der Waals surface area contributed by atoms with Crippen LogP contribution in [-0.2, 0) is 13.0 Å². The fourth-order valence-corrected chi connectivity index (χ4v) is 4.25. The monoisotopic (exact) mass is 394 g/mol. The zero-order valence-electron chi connectivity index (χ0n) is 17.3. The highest BCUT2D eigenvalue weighted by Crippen LogP contribution is 2.32. The van der Waals surface area contributed by atoms with E-state index in [9.17, 15) is 0 Å². The topological polar surface area (TPSA) is 25.4 Å². The summed E-state index contributed by atoms with van der Waals surface area (Å²) in [6.07, 6.45) is 1.00. The molecule has 4 aromatic rings. The summed E-state index contributed by atoms with van der Waals surface area (Å²) in [4.78, 5) is 7.38. The second-order valence-corrected chi connectivity index (χ2v) is 8.07. The molecule has 3 heteroatoms. The maximum Gasteiger partial charge on any atom is 0.219 e. The largest absolute Gasteiger partial charge is 0.468 e. The highest BCUT2D eigenvalue weighted by atomic mass is 16.5. The van der Waals surface area contributed by atoms with Crippen LogP contribution >= 0.6 is 0 Å². The van der Waals surface area contributed by atoms with E-state index in [0.29, 0.717) is 0 Å². The van der Waals surface area contributed by atoms with E-state index in [4.69, 9.17) is 9.72 Å². The van der Waals surface area contributed by atoms with Gasteiger partial charge in [0.25, 0.3) is 0 Å². The Kier molecular flexibility index (Phi) is 5.20. The molecule has 0 spiro atoms. The van der Waals surface area contributed by atoms with Crippen molar-refractivity contribution in [1.82, 2.24) is 9.88 Å². The van der Waals surface area contributed by atoms with Crippen molar-refractivity contribution in [3.8, 4) is 5.88 Å². The molecule has 5 rings (SSSR count). The quantitative estimate of drug-likeness (QED) is 0.442. The van der Waals surface area contributed by atoms with Gasteiger partial charge in [-0.1, -0.05) is 72.8 Å². The van der Waals surface area contributed by atoms with Gasteiger partial charge < -0.3 is 4.74 Å². The molecule has 3 aromatic carbocycles. The second kappa shape index (κ2) is 8.29. The van der Waals surface area contributed by atoms with E-state index in [0.717, 1.165) is 48.4 Å². The molecule has 0 amide bonds. The molecule has 30 heavy (non-hydrogen) atoms. The maximum absolute atomic E-state index is 6.50. The number of hydrogen-bond donors (Lipinski definition) is 0. The minimum atomic E-state index is -0.0296. The predicted molar refractivity (Wildman–Crippen MR) is 122 cm³/mol. The van der Waals surface area contributed by atoms with Crippen LogP contribution in [0.5, 0.6) is 5.88 Å². The summed E-state index contributed by atoms with van der Waals surface area (Å²) in [6.45, 7) is 4.88. The van der Waals surface area contributed by atoms with Crippen molar-refractivity contribution in [3.63, 3.8) is 0 Å². The first-order valence-corrected chi connectivity index (χ1v) is 10.6. The lowest BCUT2D eigenvalue weighted by molar-refractivity contribution is 0.145. The molecule has 0 fully saturated rings. The van der Waals surface area contributed by atoms with Gasteiger partial charge >= 0.3 is 0 Å². The number of pyridine rings is 1. The summed E-state index contributed by atoms with van der Waals surface area (Å²) >= 11 is 0. The first kappa shape index (κ1) is 18.8. The SMILES string of the molecule is Cc1ccccc1CCN1Cc2cc3ccccc3nc2OC(c2ccccc2)C1. The molecule has 2 heterocycles. The van der Waals surface area contributed by atoms with E-state index in [-0.39, 0.29) is 6.10 Å². The van der Waals surface area contributed by atoms with Gasteiger partial charge in [0.1, 0.15) is 6.10 Å². The van der Waals surface area contributed by atoms with Gasteiger partial charge in [0.05, 0.1) is 5.52 Å². The van der Waals surface area contributed by atoms with Crippen molar-refractivity contribution in [3.05, 3.63) is 107 Å². The Balaban J connectivity index is 1.48. The zero-order chi connectivity index (χ0) is 20.3. The Labute approximate surface area is 178 Å². The summed E-state index contributed by atoms with van der Waals surface area (Å²) < 4.78 is 6.50. The normalized spacial score (nSPS) is 16.6. The van der Waals surface area contributed by atoms with Crippen LogP contribution in [0.25, 0.3) is 10.9 Å². The van der Waals surface area contributed by atoms with Crippen molar-refractivity contribution >= 4 is 10.9 Å². The van der Waals surface area contributed by atoms with Gasteiger partial charge in [0.2, 0.25) is 5.88 Å². The molecule has 0 radical (unpaired) electrons. The number of aryl methyl sites for hydroxylation is 1. The molecule has 150 valence electrons. The van der Waals surface area contributed by atoms with Gasteiger partial charge in [-0.3, -0.25) is 4.90 Å². The summed E-state index contributed by atoms with van der Waals surface area (Å²) in [5, 5.41) is 1.16. The van der Waals surface area contributed by atoms with Gasteiger partial charge in [0, 0.05) is 30.6 Å². The van der Waals surface area contributed by atoms with Crippen molar-refractivity contribution in [1.29, 1.82) is 0 Å². The number of benzene rings is 3. The van der Waals surface area contributed by atoms with E-state index in [1.807, 2.05) is 6.07 Å². The number of rotatable bonds is 4. The van der Waals surface area contributed by atoms with Crippen LogP contribution in [0.15, 0.2) is 84.9 Å². The van der Waals surface area contributed by atoms with Crippen LogP contribution in [0.1, 0.15) is 28.4 Å². The van der Waals surface area contributed by atoms with E-state index in [1.54, 1.807) is 0 Å². The van der Waals surface area contributed by atoms with Crippen molar-refractivity contribution in [2.24, 2.45) is 0 Å². The summed E-state index contributed by atoms with van der Waals surface area (Å²) in [5.74, 6) is 0.765. The average Bonchev–Trinajstić information content (AvgIpc) is 2.96. The van der Waals surface area contributed by atoms with Crippen LogP contribution < -0.4 is 4.74 Å². The third-order valence-electron chi connectivity index (χ3n) is 5.97. The van der Waals surface area contributed by atoms with E-state index in [1.165, 1.54) is 16.7 Å². The Bertz CT molecular complexity index is 1160. The lowest BCUT2D eigenvalue weighted by Gasteiger charge is -2.24. The lowest BCUT2D eigenvalue weighted by Crippen LogP contribution is -2.30. The van der Waals surface area contributed by atoms with Crippen LogP contribution in [0.4, 0.5) is 0 Å². The van der Waals surface area contributed by atoms with Crippen molar-refractivity contribution in [2.75, 3.05) is 13.1 Å². The number of para-hydroxylation sites is 1. The molecular weight excluding hydrogens is 368 g/mol. The van der Waals surface area contributed by atoms with Crippen molar-refractivity contribution in [2.45, 2.75) is 26.0 Å². The first-order chi connectivity index (χ1) is 14.8. The molecule has 0 N–H and O–H groups in total. The van der Waals surface area contributed by atoms with Gasteiger partial charge in [-0.2, -0.15) is 0 Å². The number of nitrogens with zero attached hydrogens (tertiary/aromatic N) is 2. The third kappa shape index (κ3) is 3.94. The number of fused-ring (bicyclic) bond motifs is 2. The second-order valence-electron chi connectivity index (χ2n) is 8.07. The van der Waals surface area contributed by atoms with E-state index < -0.39 is 0 Å². The molecule has 3 nitrogen and oxygen atoms in total. The molecule has 0 bridgehead atoms. The van der Waals surface area contributed by atoms with E-state index in [2.05, 4.69) is 90.7 Å². The minimum absolute atomic E-state index is 0.0296. The fourth-order valence-electron chi connectivity index (χ4n) is 4.25. The molecule has 1 aromatic heterocycles. The Morgan fingerprint density at radius 3 is 2.57 bits per heavy atom. The standard InChI is InChI=1S/C27H26N2O/c1-20-9-5-6-10-21(20)15-16-29-18-24-17-23-13-7-8-14-25(23)28-27(24)30-26(19-29)22-11-3-2-4-12-22/h2-14,17,26H,15-16,18-19H2,1H3. The predicted octanol–water partition coefficient (Wildman–Crippen LogP) is 5.72. The summed E-state index contributed by atoms with van der Waals surface area (Å²) in [5.41, 5.74) is 6.11. The minimum Gasteiger partial charge on any atom is -0.468 e. The highest BCUT2D eigenvalue weighted by Gasteiger charge is 2.25. The van der Waals surface area contributed by atoms with Gasteiger partial charge in [-0.05, 0) is 42.2 Å². The molecule has 1 atom stereocenters. The first-order valence-electron chi connectivity index (χ1n) is 10.6. The fraction of sp³-hybridized carbons (Fsp3) is 0.222. The van der Waals surface area contributed by atoms with Gasteiger partial charge in [-0.15, -0.1) is 0 Å². The lowest BCUT2D eigenvalue weighted by atomic mass is 10.0. The summed E-state index contributed by atoms with van der Waals surface area (Å²) in [7, 11) is 0. The molecule has 1 unspecified atom stereocenters. The highest BCUT2D eigenvalue weighted by molar-refractivity contribution is 5.80. The maximum atomic E-state index is 6.50. The van der Waals surface area contributed by atoms with Gasteiger partial charge in [0.15, 0.2) is 0 Å². The average molecular weight is 395 g/mol. The third-order valence-corrected chi connectivity index (χ3v) is 5.97. The molecule has 1 aliphatic rings. The Hall–Kier alpha value is -3.17. The van der Waals surface area contributed by atoms with Gasteiger partial charge in [-0.25, -0.2) is 4.98 Å². The Morgan fingerprint density at radius 2 is 1.70 bits per heavy atom. The molecule has 0 saturated heterocycles. The molecular formula is C27H26N2O. The smallest absolute Gasteiger partial charge is 0.219 e. The number of hydrogen-bond acceptors (Lipinski definition) is 3. The zero-order valence-corrected chi connectivity index (χ0v) is 17.3. The van der Waals surface area contributed by atoms with Crippen LogP contribution in [0.2, 0.25) is 0 Å². The molecule has 0 aliphatic carbocycles.